The molecule has 0 heterocycles. The molecule has 0 spiro atoms. The zero-order valence-electron chi connectivity index (χ0n) is 10.0. The first kappa shape index (κ1) is 13.7. The summed E-state index contributed by atoms with van der Waals surface area (Å²) in [7, 11) is 0. The lowest BCUT2D eigenvalue weighted by Crippen LogP contribution is -2.14. The molecule has 0 radical (unpaired) electrons. The summed E-state index contributed by atoms with van der Waals surface area (Å²) in [6.45, 7) is 1.71. The lowest BCUT2D eigenvalue weighted by Gasteiger charge is -2.07. The van der Waals surface area contributed by atoms with Crippen LogP contribution in [0.5, 0.6) is 0 Å². The largest absolute Gasteiger partial charge is 0.322 e. The highest BCUT2D eigenvalue weighted by atomic mass is 79.9. The van der Waals surface area contributed by atoms with Gasteiger partial charge in [0, 0.05) is 10.2 Å². The Morgan fingerprint density at radius 1 is 1.16 bits per heavy atom. The third kappa shape index (κ3) is 3.38. The monoisotopic (exact) mass is 325 g/mol. The maximum absolute atomic E-state index is 13.5. The van der Waals surface area contributed by atoms with Gasteiger partial charge >= 0.3 is 0 Å². The maximum Gasteiger partial charge on any atom is 0.258 e. The molecule has 0 unspecified atom stereocenters. The van der Waals surface area contributed by atoms with E-state index in [1.165, 1.54) is 30.3 Å². The molecular formula is C14H10BrF2NO. The highest BCUT2D eigenvalue weighted by Gasteiger charge is 2.12. The molecule has 0 aromatic heterocycles. The molecule has 2 nitrogen and oxygen atoms in total. The fourth-order valence-electron chi connectivity index (χ4n) is 1.68. The van der Waals surface area contributed by atoms with E-state index < -0.39 is 17.5 Å². The van der Waals surface area contributed by atoms with Crippen LogP contribution in [0.3, 0.4) is 0 Å². The standard InChI is InChI=1S/C14H10BrF2NO/c1-8-4-10(16)7-11(5-8)18-14(19)12-6-9(15)2-3-13(12)17/h2-7H,1H3,(H,18,19). The minimum absolute atomic E-state index is 0.101. The number of rotatable bonds is 2. The topological polar surface area (TPSA) is 29.1 Å². The predicted molar refractivity (Wildman–Crippen MR) is 73.2 cm³/mol. The third-order valence-electron chi connectivity index (χ3n) is 2.47. The van der Waals surface area contributed by atoms with Gasteiger partial charge in [0.2, 0.25) is 0 Å². The number of benzene rings is 2. The van der Waals surface area contributed by atoms with Crippen LogP contribution in [-0.4, -0.2) is 5.91 Å². The van der Waals surface area contributed by atoms with Gasteiger partial charge in [-0.05, 0) is 48.9 Å². The van der Waals surface area contributed by atoms with Gasteiger partial charge in [-0.25, -0.2) is 8.78 Å². The molecule has 0 fully saturated rings. The molecule has 1 amide bonds. The van der Waals surface area contributed by atoms with Crippen LogP contribution in [-0.2, 0) is 0 Å². The van der Waals surface area contributed by atoms with Crippen LogP contribution >= 0.6 is 15.9 Å². The van der Waals surface area contributed by atoms with Gasteiger partial charge < -0.3 is 5.32 Å². The Morgan fingerprint density at radius 3 is 2.58 bits per heavy atom. The Bertz CT molecular complexity index is 623. The predicted octanol–water partition coefficient (Wildman–Crippen LogP) is 4.29. The van der Waals surface area contributed by atoms with Gasteiger partial charge in [-0.1, -0.05) is 15.9 Å². The van der Waals surface area contributed by atoms with Crippen molar-refractivity contribution in [3.8, 4) is 0 Å². The summed E-state index contributed by atoms with van der Waals surface area (Å²) in [5.74, 6) is -1.71. The summed E-state index contributed by atoms with van der Waals surface area (Å²) >= 11 is 3.17. The quantitative estimate of drug-likeness (QED) is 0.876. The average Bonchev–Trinajstić information content (AvgIpc) is 2.30. The SMILES string of the molecule is Cc1cc(F)cc(NC(=O)c2cc(Br)ccc2F)c1. The van der Waals surface area contributed by atoms with E-state index >= 15 is 0 Å². The summed E-state index contributed by atoms with van der Waals surface area (Å²) in [6.07, 6.45) is 0. The molecule has 2 aromatic rings. The van der Waals surface area contributed by atoms with Gasteiger partial charge in [-0.3, -0.25) is 4.79 Å². The van der Waals surface area contributed by atoms with Crippen LogP contribution < -0.4 is 5.32 Å². The van der Waals surface area contributed by atoms with E-state index in [-0.39, 0.29) is 5.56 Å². The molecule has 0 aliphatic heterocycles. The number of hydrogen-bond donors (Lipinski definition) is 1. The van der Waals surface area contributed by atoms with E-state index in [2.05, 4.69) is 21.2 Å². The molecule has 19 heavy (non-hydrogen) atoms. The summed E-state index contributed by atoms with van der Waals surface area (Å²) in [4.78, 5) is 11.9. The molecule has 98 valence electrons. The number of nitrogens with one attached hydrogen (secondary N) is 1. The zero-order chi connectivity index (χ0) is 14.0. The molecule has 0 atom stereocenters. The molecule has 0 saturated heterocycles. The lowest BCUT2D eigenvalue weighted by molar-refractivity contribution is 0.102. The van der Waals surface area contributed by atoms with Gasteiger partial charge in [0.1, 0.15) is 11.6 Å². The smallest absolute Gasteiger partial charge is 0.258 e. The van der Waals surface area contributed by atoms with Crippen LogP contribution in [0.1, 0.15) is 15.9 Å². The first-order valence-electron chi connectivity index (χ1n) is 5.49. The Hall–Kier alpha value is -1.75. The van der Waals surface area contributed by atoms with Gasteiger partial charge in [0.15, 0.2) is 0 Å². The van der Waals surface area contributed by atoms with Crippen molar-refractivity contribution in [2.24, 2.45) is 0 Å². The number of anilines is 1. The second-order valence-electron chi connectivity index (χ2n) is 4.10. The minimum atomic E-state index is -0.631. The first-order valence-corrected chi connectivity index (χ1v) is 6.28. The van der Waals surface area contributed by atoms with E-state index in [1.54, 1.807) is 13.0 Å². The molecule has 2 aromatic carbocycles. The van der Waals surface area contributed by atoms with Crippen molar-refractivity contribution >= 4 is 27.5 Å². The van der Waals surface area contributed by atoms with Gasteiger partial charge in [-0.2, -0.15) is 0 Å². The number of halogens is 3. The number of hydrogen-bond acceptors (Lipinski definition) is 1. The molecule has 0 saturated carbocycles. The van der Waals surface area contributed by atoms with Crippen LogP contribution in [0.4, 0.5) is 14.5 Å². The van der Waals surface area contributed by atoms with Gasteiger partial charge in [0.25, 0.3) is 5.91 Å². The molecular weight excluding hydrogens is 316 g/mol. The van der Waals surface area contributed by atoms with E-state index in [9.17, 15) is 13.6 Å². The van der Waals surface area contributed by atoms with Crippen LogP contribution in [0.15, 0.2) is 40.9 Å². The Labute approximate surface area is 117 Å². The van der Waals surface area contributed by atoms with Crippen LogP contribution in [0, 0.1) is 18.6 Å². The summed E-state index contributed by atoms with van der Waals surface area (Å²) in [5, 5.41) is 2.47. The third-order valence-corrected chi connectivity index (χ3v) is 2.97. The highest BCUT2D eigenvalue weighted by molar-refractivity contribution is 9.10. The van der Waals surface area contributed by atoms with Crippen molar-refractivity contribution in [2.45, 2.75) is 6.92 Å². The minimum Gasteiger partial charge on any atom is -0.322 e. The van der Waals surface area contributed by atoms with Crippen molar-refractivity contribution in [3.05, 3.63) is 63.6 Å². The number of carbonyl (C=O) groups excluding carboxylic acids is 1. The highest BCUT2D eigenvalue weighted by Crippen LogP contribution is 2.18. The second-order valence-corrected chi connectivity index (χ2v) is 5.01. The fourth-order valence-corrected chi connectivity index (χ4v) is 2.04. The Morgan fingerprint density at radius 2 is 1.89 bits per heavy atom. The summed E-state index contributed by atoms with van der Waals surface area (Å²) < 4.78 is 27.3. The number of carbonyl (C=O) groups is 1. The zero-order valence-corrected chi connectivity index (χ0v) is 11.6. The second kappa shape index (κ2) is 5.48. The fraction of sp³-hybridized carbons (Fsp3) is 0.0714. The van der Waals surface area contributed by atoms with E-state index in [0.29, 0.717) is 15.7 Å². The van der Waals surface area contributed by atoms with E-state index in [0.717, 1.165) is 0 Å². The van der Waals surface area contributed by atoms with Gasteiger partial charge in [0.05, 0.1) is 5.56 Å². The molecule has 0 aliphatic carbocycles. The van der Waals surface area contributed by atoms with Crippen molar-refractivity contribution < 1.29 is 13.6 Å². The average molecular weight is 326 g/mol. The Kier molecular flexibility index (Phi) is 3.95. The van der Waals surface area contributed by atoms with Gasteiger partial charge in [-0.15, -0.1) is 0 Å². The van der Waals surface area contributed by atoms with Crippen LogP contribution in [0.2, 0.25) is 0 Å². The van der Waals surface area contributed by atoms with Crippen molar-refractivity contribution in [3.63, 3.8) is 0 Å². The Balaban J connectivity index is 2.28. The van der Waals surface area contributed by atoms with Crippen molar-refractivity contribution in [1.29, 1.82) is 0 Å². The molecule has 5 heteroatoms. The molecule has 0 bridgehead atoms. The van der Waals surface area contributed by atoms with E-state index in [1.807, 2.05) is 0 Å². The molecule has 0 aliphatic rings. The number of aryl methyl sites for hydroxylation is 1. The molecule has 2 rings (SSSR count). The van der Waals surface area contributed by atoms with Crippen molar-refractivity contribution in [1.82, 2.24) is 0 Å². The first-order chi connectivity index (χ1) is 8.95. The van der Waals surface area contributed by atoms with E-state index in [4.69, 9.17) is 0 Å². The normalized spacial score (nSPS) is 10.3. The van der Waals surface area contributed by atoms with Crippen LogP contribution in [0.25, 0.3) is 0 Å². The van der Waals surface area contributed by atoms with Crippen molar-refractivity contribution in [2.75, 3.05) is 5.32 Å². The maximum atomic E-state index is 13.5. The molecule has 1 N–H and O–H groups in total. The number of amides is 1. The lowest BCUT2D eigenvalue weighted by atomic mass is 10.1. The summed E-state index contributed by atoms with van der Waals surface area (Å²) in [5.41, 5.74) is 0.864. The summed E-state index contributed by atoms with van der Waals surface area (Å²) in [6, 6.07) is 8.19.